The van der Waals surface area contributed by atoms with Crippen molar-refractivity contribution in [3.63, 3.8) is 0 Å². The molecule has 0 heterocycles. The van der Waals surface area contributed by atoms with Crippen molar-refractivity contribution in [2.45, 2.75) is 32.9 Å². The zero-order chi connectivity index (χ0) is 13.5. The molecule has 1 aromatic carbocycles. The molecule has 1 amide bonds. The number of benzene rings is 1. The highest BCUT2D eigenvalue weighted by Crippen LogP contribution is 2.30. The minimum absolute atomic E-state index is 0.480. The number of nitrogens with two attached hydrogens (primary N) is 1. The molecule has 100 valence electrons. The van der Waals surface area contributed by atoms with Crippen LogP contribution in [-0.2, 0) is 11.3 Å². The monoisotopic (exact) mass is 270 g/mol. The molecule has 0 aliphatic carbocycles. The molecule has 0 spiro atoms. The van der Waals surface area contributed by atoms with Crippen molar-refractivity contribution < 1.29 is 9.53 Å². The predicted molar refractivity (Wildman–Crippen MR) is 72.7 cm³/mol. The second-order valence-electron chi connectivity index (χ2n) is 3.93. The Morgan fingerprint density at radius 1 is 1.50 bits per heavy atom. The van der Waals surface area contributed by atoms with Crippen LogP contribution in [0.3, 0.4) is 0 Å². The number of para-hydroxylation sites is 1. The van der Waals surface area contributed by atoms with Crippen LogP contribution >= 0.6 is 11.6 Å². The SMILES string of the molecule is CCNCc1cccc(Cl)c1OC(CC)C(N)=O. The number of hydrogen-bond donors (Lipinski definition) is 2. The molecule has 0 aliphatic rings. The molecule has 5 heteroatoms. The summed E-state index contributed by atoms with van der Waals surface area (Å²) in [6, 6.07) is 5.50. The van der Waals surface area contributed by atoms with Crippen molar-refractivity contribution in [2.24, 2.45) is 5.73 Å². The van der Waals surface area contributed by atoms with Crippen molar-refractivity contribution in [3.8, 4) is 5.75 Å². The van der Waals surface area contributed by atoms with Crippen LogP contribution in [0.4, 0.5) is 0 Å². The number of primary amides is 1. The Labute approximate surface area is 112 Å². The maximum Gasteiger partial charge on any atom is 0.258 e. The van der Waals surface area contributed by atoms with Crippen LogP contribution < -0.4 is 15.8 Å². The van der Waals surface area contributed by atoms with Gasteiger partial charge in [0, 0.05) is 12.1 Å². The number of halogens is 1. The molecule has 0 saturated heterocycles. The van der Waals surface area contributed by atoms with Crippen molar-refractivity contribution in [1.29, 1.82) is 0 Å². The van der Waals surface area contributed by atoms with Crippen molar-refractivity contribution >= 4 is 17.5 Å². The fourth-order valence-electron chi connectivity index (χ4n) is 1.57. The number of carbonyl (C=O) groups is 1. The minimum atomic E-state index is -0.648. The van der Waals surface area contributed by atoms with E-state index in [1.165, 1.54) is 0 Å². The summed E-state index contributed by atoms with van der Waals surface area (Å²) in [5, 5.41) is 3.69. The molecule has 1 unspecified atom stereocenters. The number of ether oxygens (including phenoxy) is 1. The van der Waals surface area contributed by atoms with Crippen molar-refractivity contribution in [1.82, 2.24) is 5.32 Å². The van der Waals surface area contributed by atoms with Gasteiger partial charge in [-0.2, -0.15) is 0 Å². The lowest BCUT2D eigenvalue weighted by Gasteiger charge is -2.18. The minimum Gasteiger partial charge on any atom is -0.479 e. The molecular weight excluding hydrogens is 252 g/mol. The maximum atomic E-state index is 11.2. The van der Waals surface area contributed by atoms with E-state index in [4.69, 9.17) is 22.1 Å². The summed E-state index contributed by atoms with van der Waals surface area (Å²) < 4.78 is 5.64. The van der Waals surface area contributed by atoms with Gasteiger partial charge in [0.05, 0.1) is 5.02 Å². The van der Waals surface area contributed by atoms with Crippen LogP contribution in [0.2, 0.25) is 5.02 Å². The molecule has 1 aromatic rings. The largest absolute Gasteiger partial charge is 0.479 e. The Bertz CT molecular complexity index is 410. The van der Waals surface area contributed by atoms with Gasteiger partial charge in [0.2, 0.25) is 0 Å². The Balaban J connectivity index is 2.94. The van der Waals surface area contributed by atoms with Gasteiger partial charge < -0.3 is 15.8 Å². The van der Waals surface area contributed by atoms with Gasteiger partial charge in [0.15, 0.2) is 6.10 Å². The van der Waals surface area contributed by atoms with Gasteiger partial charge in [-0.05, 0) is 19.0 Å². The van der Waals surface area contributed by atoms with Crippen LogP contribution in [0.15, 0.2) is 18.2 Å². The lowest BCUT2D eigenvalue weighted by molar-refractivity contribution is -0.124. The van der Waals surface area contributed by atoms with E-state index < -0.39 is 12.0 Å². The van der Waals surface area contributed by atoms with E-state index in [9.17, 15) is 4.79 Å². The van der Waals surface area contributed by atoms with Gasteiger partial charge in [0.1, 0.15) is 5.75 Å². The van der Waals surface area contributed by atoms with Crippen LogP contribution in [0.25, 0.3) is 0 Å². The molecular formula is C13H19ClN2O2. The predicted octanol–water partition coefficient (Wildman–Crippen LogP) is 2.09. The number of carbonyl (C=O) groups excluding carboxylic acids is 1. The Hall–Kier alpha value is -1.26. The number of rotatable bonds is 7. The molecule has 0 aromatic heterocycles. The second kappa shape index (κ2) is 7.24. The van der Waals surface area contributed by atoms with Crippen molar-refractivity contribution in [2.75, 3.05) is 6.54 Å². The molecule has 1 atom stereocenters. The highest BCUT2D eigenvalue weighted by molar-refractivity contribution is 6.32. The average molecular weight is 271 g/mol. The van der Waals surface area contributed by atoms with Crippen LogP contribution in [-0.4, -0.2) is 18.6 Å². The third kappa shape index (κ3) is 3.89. The normalized spacial score (nSPS) is 12.2. The first kappa shape index (κ1) is 14.8. The second-order valence-corrected chi connectivity index (χ2v) is 4.33. The van der Waals surface area contributed by atoms with Gasteiger partial charge in [0.25, 0.3) is 5.91 Å². The smallest absolute Gasteiger partial charge is 0.258 e. The fourth-order valence-corrected chi connectivity index (χ4v) is 1.81. The summed E-state index contributed by atoms with van der Waals surface area (Å²) in [7, 11) is 0. The molecule has 0 bridgehead atoms. The number of amides is 1. The first-order chi connectivity index (χ1) is 8.60. The lowest BCUT2D eigenvalue weighted by Crippen LogP contribution is -2.33. The zero-order valence-electron chi connectivity index (χ0n) is 10.7. The molecule has 0 aliphatic heterocycles. The molecule has 1 rings (SSSR count). The number of nitrogens with one attached hydrogen (secondary N) is 1. The van der Waals surface area contributed by atoms with E-state index in [2.05, 4.69) is 5.32 Å². The third-order valence-electron chi connectivity index (χ3n) is 2.56. The highest BCUT2D eigenvalue weighted by atomic mass is 35.5. The van der Waals surface area contributed by atoms with Crippen LogP contribution in [0, 0.1) is 0 Å². The maximum absolute atomic E-state index is 11.2. The van der Waals surface area contributed by atoms with Gasteiger partial charge in [-0.3, -0.25) is 4.79 Å². The van der Waals surface area contributed by atoms with Gasteiger partial charge in [-0.15, -0.1) is 0 Å². The summed E-state index contributed by atoms with van der Waals surface area (Å²) in [6.07, 6.45) is -0.133. The summed E-state index contributed by atoms with van der Waals surface area (Å²) in [4.78, 5) is 11.2. The van der Waals surface area contributed by atoms with Gasteiger partial charge >= 0.3 is 0 Å². The molecule has 18 heavy (non-hydrogen) atoms. The van der Waals surface area contributed by atoms with Crippen LogP contribution in [0.1, 0.15) is 25.8 Å². The average Bonchev–Trinajstić information content (AvgIpc) is 2.34. The summed E-state index contributed by atoms with van der Waals surface area (Å²) in [5.74, 6) is 0.0533. The summed E-state index contributed by atoms with van der Waals surface area (Å²) in [6.45, 7) is 5.35. The summed E-state index contributed by atoms with van der Waals surface area (Å²) in [5.41, 5.74) is 6.19. The van der Waals surface area contributed by atoms with Crippen molar-refractivity contribution in [3.05, 3.63) is 28.8 Å². The van der Waals surface area contributed by atoms with E-state index in [1.54, 1.807) is 6.07 Å². The first-order valence-electron chi connectivity index (χ1n) is 6.04. The van der Waals surface area contributed by atoms with Crippen LogP contribution in [0.5, 0.6) is 5.75 Å². The zero-order valence-corrected chi connectivity index (χ0v) is 11.5. The number of hydrogen-bond acceptors (Lipinski definition) is 3. The van der Waals surface area contributed by atoms with Gasteiger partial charge in [-0.25, -0.2) is 0 Å². The van der Waals surface area contributed by atoms with E-state index in [0.29, 0.717) is 23.7 Å². The standard InChI is InChI=1S/C13H19ClN2O2/c1-3-11(13(15)17)18-12-9(8-16-4-2)6-5-7-10(12)14/h5-7,11,16H,3-4,8H2,1-2H3,(H2,15,17). The molecule has 0 radical (unpaired) electrons. The Morgan fingerprint density at radius 3 is 2.78 bits per heavy atom. The molecule has 0 fully saturated rings. The lowest BCUT2D eigenvalue weighted by atomic mass is 10.2. The van der Waals surface area contributed by atoms with E-state index in [-0.39, 0.29) is 0 Å². The third-order valence-corrected chi connectivity index (χ3v) is 2.86. The van der Waals surface area contributed by atoms with E-state index in [0.717, 1.165) is 12.1 Å². The first-order valence-corrected chi connectivity index (χ1v) is 6.42. The molecule has 0 saturated carbocycles. The quantitative estimate of drug-likeness (QED) is 0.797. The Kier molecular flexibility index (Phi) is 5.95. The highest BCUT2D eigenvalue weighted by Gasteiger charge is 2.18. The van der Waals surface area contributed by atoms with Gasteiger partial charge in [-0.1, -0.05) is 37.6 Å². The Morgan fingerprint density at radius 2 is 2.22 bits per heavy atom. The summed E-state index contributed by atoms with van der Waals surface area (Å²) >= 11 is 6.11. The molecule has 3 N–H and O–H groups in total. The topological polar surface area (TPSA) is 64.3 Å². The van der Waals surface area contributed by atoms with E-state index >= 15 is 0 Å². The fraction of sp³-hybridized carbons (Fsp3) is 0.462. The molecule has 4 nitrogen and oxygen atoms in total. The van der Waals surface area contributed by atoms with E-state index in [1.807, 2.05) is 26.0 Å².